The van der Waals surface area contributed by atoms with Crippen LogP contribution in [-0.4, -0.2) is 23.1 Å². The maximum atomic E-state index is 4.42. The molecule has 0 fully saturated rings. The van der Waals surface area contributed by atoms with Crippen molar-refractivity contribution in [1.29, 1.82) is 0 Å². The summed E-state index contributed by atoms with van der Waals surface area (Å²) in [6, 6.07) is 1.92. The lowest BCUT2D eigenvalue weighted by molar-refractivity contribution is 0.518. The fraction of sp³-hybridized carbons (Fsp3) is 0.692. The van der Waals surface area contributed by atoms with E-state index in [1.165, 1.54) is 12.8 Å². The number of aromatic nitrogens is 2. The molecule has 0 aromatic carbocycles. The second kappa shape index (κ2) is 7.87. The first-order valence-electron chi connectivity index (χ1n) is 6.60. The van der Waals surface area contributed by atoms with E-state index >= 15 is 0 Å². The molecule has 4 nitrogen and oxygen atoms in total. The van der Waals surface area contributed by atoms with Crippen molar-refractivity contribution in [2.45, 2.75) is 40.0 Å². The molecule has 0 saturated heterocycles. The Morgan fingerprint density at radius 3 is 2.59 bits per heavy atom. The van der Waals surface area contributed by atoms with Crippen LogP contribution in [0.15, 0.2) is 12.3 Å². The standard InChI is InChI=1S/C13H24N4/c1-4-8-14-13-15-9-7-12(17-13)16-10-11(5-2)6-3/h7,9,11H,4-6,8,10H2,1-3H3,(H2,14,15,16,17). The highest BCUT2D eigenvalue weighted by molar-refractivity contribution is 5.39. The predicted octanol–water partition coefficient (Wildman–Crippen LogP) is 3.15. The molecule has 96 valence electrons. The van der Waals surface area contributed by atoms with Gasteiger partial charge in [0.15, 0.2) is 0 Å². The summed E-state index contributed by atoms with van der Waals surface area (Å²) in [5.41, 5.74) is 0. The molecule has 0 spiro atoms. The van der Waals surface area contributed by atoms with Crippen LogP contribution in [0, 0.1) is 5.92 Å². The maximum Gasteiger partial charge on any atom is 0.224 e. The van der Waals surface area contributed by atoms with Gasteiger partial charge in [-0.2, -0.15) is 4.98 Å². The summed E-state index contributed by atoms with van der Waals surface area (Å²) >= 11 is 0. The fourth-order valence-electron chi connectivity index (χ4n) is 1.61. The predicted molar refractivity (Wildman–Crippen MR) is 73.4 cm³/mol. The largest absolute Gasteiger partial charge is 0.370 e. The number of rotatable bonds is 8. The normalized spacial score (nSPS) is 10.6. The van der Waals surface area contributed by atoms with Crippen molar-refractivity contribution in [2.75, 3.05) is 23.7 Å². The van der Waals surface area contributed by atoms with Crippen molar-refractivity contribution < 1.29 is 0 Å². The summed E-state index contributed by atoms with van der Waals surface area (Å²) in [6.07, 6.45) is 5.28. The minimum absolute atomic E-state index is 0.710. The summed E-state index contributed by atoms with van der Waals surface area (Å²) in [6.45, 7) is 8.48. The number of nitrogens with zero attached hydrogens (tertiary/aromatic N) is 2. The van der Waals surface area contributed by atoms with Crippen molar-refractivity contribution in [3.05, 3.63) is 12.3 Å². The second-order valence-electron chi connectivity index (χ2n) is 4.26. The zero-order valence-corrected chi connectivity index (χ0v) is 11.2. The molecule has 2 N–H and O–H groups in total. The van der Waals surface area contributed by atoms with E-state index in [2.05, 4.69) is 41.4 Å². The van der Waals surface area contributed by atoms with E-state index in [9.17, 15) is 0 Å². The molecule has 0 radical (unpaired) electrons. The van der Waals surface area contributed by atoms with Crippen molar-refractivity contribution >= 4 is 11.8 Å². The molecule has 1 heterocycles. The van der Waals surface area contributed by atoms with Crippen LogP contribution in [0.5, 0.6) is 0 Å². The molecule has 0 aliphatic carbocycles. The minimum Gasteiger partial charge on any atom is -0.370 e. The van der Waals surface area contributed by atoms with Gasteiger partial charge < -0.3 is 10.6 Å². The van der Waals surface area contributed by atoms with Crippen LogP contribution in [0.1, 0.15) is 40.0 Å². The molecule has 1 aromatic heterocycles. The van der Waals surface area contributed by atoms with Crippen LogP contribution in [0.25, 0.3) is 0 Å². The Bertz CT molecular complexity index is 310. The first-order valence-corrected chi connectivity index (χ1v) is 6.60. The van der Waals surface area contributed by atoms with Gasteiger partial charge in [-0.05, 0) is 18.4 Å². The maximum absolute atomic E-state index is 4.42. The van der Waals surface area contributed by atoms with Crippen LogP contribution in [0.4, 0.5) is 11.8 Å². The Balaban J connectivity index is 2.47. The van der Waals surface area contributed by atoms with Crippen LogP contribution in [0.3, 0.4) is 0 Å². The highest BCUT2D eigenvalue weighted by atomic mass is 15.1. The van der Waals surface area contributed by atoms with Gasteiger partial charge >= 0.3 is 0 Å². The average molecular weight is 236 g/mol. The quantitative estimate of drug-likeness (QED) is 0.728. The van der Waals surface area contributed by atoms with E-state index in [1.54, 1.807) is 6.20 Å². The van der Waals surface area contributed by atoms with Crippen LogP contribution < -0.4 is 10.6 Å². The molecular weight excluding hydrogens is 212 g/mol. The zero-order chi connectivity index (χ0) is 12.5. The topological polar surface area (TPSA) is 49.8 Å². The van der Waals surface area contributed by atoms with E-state index in [1.807, 2.05) is 6.07 Å². The van der Waals surface area contributed by atoms with E-state index in [4.69, 9.17) is 0 Å². The second-order valence-corrected chi connectivity index (χ2v) is 4.26. The number of hydrogen-bond donors (Lipinski definition) is 2. The van der Waals surface area contributed by atoms with Gasteiger partial charge in [-0.15, -0.1) is 0 Å². The van der Waals surface area contributed by atoms with E-state index < -0.39 is 0 Å². The van der Waals surface area contributed by atoms with Gasteiger partial charge in [0.25, 0.3) is 0 Å². The smallest absolute Gasteiger partial charge is 0.224 e. The highest BCUT2D eigenvalue weighted by Gasteiger charge is 2.04. The van der Waals surface area contributed by atoms with Crippen molar-refractivity contribution in [2.24, 2.45) is 5.92 Å². The van der Waals surface area contributed by atoms with Gasteiger partial charge in [0.05, 0.1) is 0 Å². The first kappa shape index (κ1) is 13.7. The van der Waals surface area contributed by atoms with Gasteiger partial charge in [-0.25, -0.2) is 4.98 Å². The molecule has 0 aliphatic heterocycles. The Kier molecular flexibility index (Phi) is 6.37. The SMILES string of the molecule is CCCNc1nccc(NCC(CC)CC)n1. The van der Waals surface area contributed by atoms with Crippen LogP contribution in [-0.2, 0) is 0 Å². The molecule has 1 rings (SSSR count). The van der Waals surface area contributed by atoms with E-state index in [0.717, 1.165) is 31.2 Å². The van der Waals surface area contributed by atoms with Gasteiger partial charge in [0, 0.05) is 19.3 Å². The Morgan fingerprint density at radius 2 is 1.94 bits per heavy atom. The Hall–Kier alpha value is -1.32. The summed E-state index contributed by atoms with van der Waals surface area (Å²) in [7, 11) is 0. The van der Waals surface area contributed by atoms with Gasteiger partial charge in [-0.1, -0.05) is 33.6 Å². The lowest BCUT2D eigenvalue weighted by atomic mass is 10.0. The Labute approximate surface area is 104 Å². The Morgan fingerprint density at radius 1 is 1.18 bits per heavy atom. The molecule has 17 heavy (non-hydrogen) atoms. The fourth-order valence-corrected chi connectivity index (χ4v) is 1.61. The molecule has 0 atom stereocenters. The third kappa shape index (κ3) is 5.02. The molecule has 0 saturated carbocycles. The van der Waals surface area contributed by atoms with E-state index in [-0.39, 0.29) is 0 Å². The summed E-state index contributed by atoms with van der Waals surface area (Å²) in [5, 5.41) is 6.56. The molecule has 0 amide bonds. The summed E-state index contributed by atoms with van der Waals surface area (Å²) in [5.74, 6) is 2.34. The average Bonchev–Trinajstić information content (AvgIpc) is 2.38. The molecule has 0 unspecified atom stereocenters. The first-order chi connectivity index (χ1) is 8.30. The van der Waals surface area contributed by atoms with Gasteiger partial charge in [0.2, 0.25) is 5.95 Å². The van der Waals surface area contributed by atoms with Crippen molar-refractivity contribution in [3.8, 4) is 0 Å². The summed E-state index contributed by atoms with van der Waals surface area (Å²) < 4.78 is 0. The van der Waals surface area contributed by atoms with Gasteiger partial charge in [-0.3, -0.25) is 0 Å². The van der Waals surface area contributed by atoms with Crippen molar-refractivity contribution in [1.82, 2.24) is 9.97 Å². The van der Waals surface area contributed by atoms with Crippen LogP contribution >= 0.6 is 0 Å². The lowest BCUT2D eigenvalue weighted by Gasteiger charge is -2.14. The third-order valence-corrected chi connectivity index (χ3v) is 2.92. The number of hydrogen-bond acceptors (Lipinski definition) is 4. The molecule has 0 aliphatic rings. The van der Waals surface area contributed by atoms with E-state index in [0.29, 0.717) is 5.95 Å². The number of anilines is 2. The third-order valence-electron chi connectivity index (χ3n) is 2.92. The zero-order valence-electron chi connectivity index (χ0n) is 11.2. The van der Waals surface area contributed by atoms with Crippen LogP contribution in [0.2, 0.25) is 0 Å². The summed E-state index contributed by atoms with van der Waals surface area (Å²) in [4.78, 5) is 8.60. The molecule has 4 heteroatoms. The van der Waals surface area contributed by atoms with Gasteiger partial charge in [0.1, 0.15) is 5.82 Å². The molecule has 1 aromatic rings. The molecule has 0 bridgehead atoms. The lowest BCUT2D eigenvalue weighted by Crippen LogP contribution is -2.14. The number of nitrogens with one attached hydrogen (secondary N) is 2. The molecular formula is C13H24N4. The highest BCUT2D eigenvalue weighted by Crippen LogP contribution is 2.10. The monoisotopic (exact) mass is 236 g/mol. The minimum atomic E-state index is 0.710. The van der Waals surface area contributed by atoms with Crippen molar-refractivity contribution in [3.63, 3.8) is 0 Å².